The molecule has 12 amide bonds. The number of unbranched alkanes of at least 4 members (excludes halogenated alkanes) is 4. The van der Waals surface area contributed by atoms with E-state index in [1.165, 1.54) is 6.92 Å². The SMILES string of the molecule is CC[C@H](C)[C@H](NC(=O)[C@@H](N)Cc1ccccc1)C(=O)N[C@@H](C)C(=O)N[C@@H](Cc1c[nH]c2ccccc12)C(=O)N[C@@H](CC(C)C)C(=O)N[C@H](C(=O)N[C@@H](CCCCN)C(=O)NCC(=O)N[C@@H](CCCN=C(N)N)C(=O)N[C@@H](CCCCN)C(=O)N[C@@H](CCCCN)C(=O)N[C@@H](CCCCN)C(N)=O)C(C)C. The van der Waals surface area contributed by atoms with E-state index in [-0.39, 0.29) is 95.2 Å². The predicted molar refractivity (Wildman–Crippen MR) is 403 cm³/mol. The Morgan fingerprint density at radius 2 is 0.895 bits per heavy atom. The van der Waals surface area contributed by atoms with Gasteiger partial charge in [0.05, 0.1) is 12.6 Å². The number of aromatic amines is 1. The van der Waals surface area contributed by atoms with Gasteiger partial charge >= 0.3 is 0 Å². The van der Waals surface area contributed by atoms with Gasteiger partial charge in [0.15, 0.2) is 5.96 Å². The first kappa shape index (κ1) is 89.9. The van der Waals surface area contributed by atoms with Crippen LogP contribution in [0.2, 0.25) is 0 Å². The molecule has 2 aromatic carbocycles. The number of H-pyrrole nitrogens is 1. The molecule has 0 spiro atoms. The van der Waals surface area contributed by atoms with E-state index in [1.54, 1.807) is 27.0 Å². The lowest BCUT2D eigenvalue weighted by Gasteiger charge is -2.29. The molecule has 28 N–H and O–H groups in total. The van der Waals surface area contributed by atoms with E-state index < -0.39 is 150 Å². The average molecular weight is 1470 g/mol. The van der Waals surface area contributed by atoms with Gasteiger partial charge < -0.3 is 109 Å². The molecule has 1 heterocycles. The number of nitrogens with zero attached hydrogens (tertiary/aromatic N) is 1. The zero-order chi connectivity index (χ0) is 78.1. The summed E-state index contributed by atoms with van der Waals surface area (Å²) >= 11 is 0. The number of carbonyl (C=O) groups excluding carboxylic acids is 12. The van der Waals surface area contributed by atoms with Crippen LogP contribution in [-0.4, -0.2) is 188 Å². The summed E-state index contributed by atoms with van der Waals surface area (Å²) in [5.74, 6) is -10.4. The number of nitrogens with two attached hydrogens (primary N) is 8. The maximum atomic E-state index is 14.8. The number of aliphatic imine (C=N–C) groups is 1. The van der Waals surface area contributed by atoms with Gasteiger partial charge in [-0.2, -0.15) is 0 Å². The fraction of sp³-hybridized carbons (Fsp3) is 0.625. The van der Waals surface area contributed by atoms with Crippen LogP contribution in [0.1, 0.15) is 162 Å². The first-order valence-electron chi connectivity index (χ1n) is 36.8. The van der Waals surface area contributed by atoms with Crippen molar-refractivity contribution >= 4 is 87.7 Å². The van der Waals surface area contributed by atoms with Crippen molar-refractivity contribution in [1.82, 2.24) is 63.5 Å². The topological polar surface area (TPSA) is 573 Å². The largest absolute Gasteiger partial charge is 0.370 e. The highest BCUT2D eigenvalue weighted by atomic mass is 16.2. The molecule has 0 radical (unpaired) electrons. The Hall–Kier alpha value is -9.31. The van der Waals surface area contributed by atoms with Crippen LogP contribution >= 0.6 is 0 Å². The molecule has 0 aliphatic heterocycles. The molecule has 0 bridgehead atoms. The van der Waals surface area contributed by atoms with Crippen LogP contribution in [0.3, 0.4) is 0 Å². The molecular weight excluding hydrogens is 1350 g/mol. The molecule has 0 saturated heterocycles. The van der Waals surface area contributed by atoms with Crippen LogP contribution in [0.25, 0.3) is 10.9 Å². The van der Waals surface area contributed by atoms with E-state index in [0.29, 0.717) is 76.4 Å². The molecule has 0 aliphatic rings. The van der Waals surface area contributed by atoms with Crippen molar-refractivity contribution in [3.63, 3.8) is 0 Å². The maximum Gasteiger partial charge on any atom is 0.243 e. The minimum absolute atomic E-state index is 0.0331. The van der Waals surface area contributed by atoms with E-state index in [2.05, 4.69) is 68.5 Å². The van der Waals surface area contributed by atoms with Gasteiger partial charge in [-0.05, 0) is 171 Å². The molecule has 33 nitrogen and oxygen atoms in total. The quantitative estimate of drug-likeness (QED) is 0.0166. The molecule has 3 rings (SSSR count). The summed E-state index contributed by atoms with van der Waals surface area (Å²) in [7, 11) is 0. The Kier molecular flexibility index (Phi) is 41.7. The summed E-state index contributed by atoms with van der Waals surface area (Å²) in [6.07, 6.45) is 6.51. The number of hydrogen-bond donors (Lipinski definition) is 20. The van der Waals surface area contributed by atoms with Crippen LogP contribution in [0.4, 0.5) is 0 Å². The molecule has 12 atom stereocenters. The third kappa shape index (κ3) is 33.1. The lowest BCUT2D eigenvalue weighted by molar-refractivity contribution is -0.136. The van der Waals surface area contributed by atoms with Gasteiger partial charge in [-0.25, -0.2) is 0 Å². The monoisotopic (exact) mass is 1470 g/mol. The van der Waals surface area contributed by atoms with E-state index in [0.717, 1.165) is 16.5 Å². The van der Waals surface area contributed by atoms with Gasteiger partial charge in [-0.15, -0.1) is 0 Å². The van der Waals surface area contributed by atoms with Crippen LogP contribution in [-0.2, 0) is 70.4 Å². The first-order valence-corrected chi connectivity index (χ1v) is 36.8. The Bertz CT molecular complexity index is 3280. The Labute approximate surface area is 616 Å². The van der Waals surface area contributed by atoms with Crippen molar-refractivity contribution in [2.75, 3.05) is 39.3 Å². The number of hydrogen-bond acceptors (Lipinski definition) is 18. The Morgan fingerprint density at radius 1 is 0.448 bits per heavy atom. The minimum atomic E-state index is -1.35. The molecule has 3 aromatic rings. The van der Waals surface area contributed by atoms with Crippen molar-refractivity contribution in [3.05, 3.63) is 71.9 Å². The molecule has 586 valence electrons. The van der Waals surface area contributed by atoms with E-state index >= 15 is 0 Å². The number of guanidine groups is 1. The highest BCUT2D eigenvalue weighted by Crippen LogP contribution is 2.21. The second kappa shape index (κ2) is 48.7. The van der Waals surface area contributed by atoms with Gasteiger partial charge in [0.2, 0.25) is 70.9 Å². The minimum Gasteiger partial charge on any atom is -0.370 e. The normalized spacial score (nSPS) is 14.7. The third-order valence-electron chi connectivity index (χ3n) is 17.9. The lowest BCUT2D eigenvalue weighted by atomic mass is 9.97. The molecule has 1 aromatic heterocycles. The Balaban J connectivity index is 1.87. The van der Waals surface area contributed by atoms with Gasteiger partial charge in [0.1, 0.15) is 60.4 Å². The molecule has 33 heteroatoms. The molecule has 0 aliphatic carbocycles. The van der Waals surface area contributed by atoms with Gasteiger partial charge in [0.25, 0.3) is 0 Å². The van der Waals surface area contributed by atoms with E-state index in [1.807, 2.05) is 75.4 Å². The number of fused-ring (bicyclic) bond motifs is 1. The van der Waals surface area contributed by atoms with Crippen molar-refractivity contribution in [1.29, 1.82) is 0 Å². The summed E-state index contributed by atoms with van der Waals surface area (Å²) in [4.78, 5) is 175. The summed E-state index contributed by atoms with van der Waals surface area (Å²) in [6, 6.07) is 3.13. The van der Waals surface area contributed by atoms with Crippen LogP contribution < -0.4 is 104 Å². The van der Waals surface area contributed by atoms with Crippen molar-refractivity contribution in [3.8, 4) is 0 Å². The highest BCUT2D eigenvalue weighted by molar-refractivity contribution is 5.99. The number of rotatable bonds is 52. The zero-order valence-corrected chi connectivity index (χ0v) is 62.3. The van der Waals surface area contributed by atoms with Gasteiger partial charge in [-0.3, -0.25) is 62.5 Å². The van der Waals surface area contributed by atoms with Gasteiger partial charge in [0, 0.05) is 30.1 Å². The second-order valence-electron chi connectivity index (χ2n) is 27.5. The van der Waals surface area contributed by atoms with Crippen molar-refractivity contribution in [2.24, 2.45) is 68.6 Å². The lowest BCUT2D eigenvalue weighted by Crippen LogP contribution is -2.61. The smallest absolute Gasteiger partial charge is 0.243 e. The number of carbonyl (C=O) groups is 12. The van der Waals surface area contributed by atoms with Crippen molar-refractivity contribution in [2.45, 2.75) is 231 Å². The summed E-state index contributed by atoms with van der Waals surface area (Å²) in [5, 5.41) is 30.6. The van der Waals surface area contributed by atoms with Crippen LogP contribution in [0.5, 0.6) is 0 Å². The van der Waals surface area contributed by atoms with Crippen molar-refractivity contribution < 1.29 is 57.5 Å². The van der Waals surface area contributed by atoms with Crippen LogP contribution in [0, 0.1) is 17.8 Å². The zero-order valence-electron chi connectivity index (χ0n) is 62.3. The predicted octanol–water partition coefficient (Wildman–Crippen LogP) is -1.93. The first-order chi connectivity index (χ1) is 50.0. The fourth-order valence-corrected chi connectivity index (χ4v) is 11.5. The average Bonchev–Trinajstić information content (AvgIpc) is 1.73. The number of aromatic nitrogens is 1. The summed E-state index contributed by atoms with van der Waals surface area (Å²) in [5.41, 5.74) is 48.3. The highest BCUT2D eigenvalue weighted by Gasteiger charge is 2.37. The molecule has 0 saturated carbocycles. The molecule has 0 unspecified atom stereocenters. The third-order valence-corrected chi connectivity index (χ3v) is 17.9. The number of nitrogens with one attached hydrogen (secondary N) is 12. The second-order valence-corrected chi connectivity index (χ2v) is 27.5. The maximum absolute atomic E-state index is 14.8. The number of para-hydroxylation sites is 1. The molecule has 105 heavy (non-hydrogen) atoms. The number of primary amides is 1. The number of benzene rings is 2. The molecular formula is C72H121N21O12. The molecule has 0 fully saturated rings. The standard InChI is InChI=1S/C72H121N21O12/c1-8-44(6)60(93-63(97)49(77)38-46-23-10-9-11-24-46)71(105)84-45(7)62(96)90-57(39-47-40-82-50-26-13-12-25-48(47)50)68(102)91-56(37-42(2)3)69(103)92-59(43(4)5)70(104)89-52(28-15-19-33-74)64(98)83-41-58(94)85-53(31-22-36-81-72(79)80)65(99)87-55(30-17-21-35-76)67(101)88-54(29-16-20-34-75)66(100)86-51(61(78)95)27-14-18-32-73/h9-13,23-26,40,42-45,49,51-57,59-60,82H,8,14-22,27-39,41,73-77H2,1-7H3,(H2,78,95)(H,83,98)(H,84,105)(H,85,94)(H,86,100)(H,87,99)(H,88,101)(H,89,104)(H,90,96)(H,91,102)(H,92,103)(H,93,97)(H4,79,80,81)/t44-,45-,49-,51-,52-,53-,54-,55-,56-,57-,59-,60-/m0/s1. The van der Waals surface area contributed by atoms with E-state index in [4.69, 9.17) is 45.9 Å². The summed E-state index contributed by atoms with van der Waals surface area (Å²) < 4.78 is 0. The van der Waals surface area contributed by atoms with Gasteiger partial charge in [-0.1, -0.05) is 96.5 Å². The number of amides is 12. The van der Waals surface area contributed by atoms with Crippen LogP contribution in [0.15, 0.2) is 65.8 Å². The Morgan fingerprint density at radius 3 is 1.42 bits per heavy atom. The summed E-state index contributed by atoms with van der Waals surface area (Å²) in [6.45, 7) is 12.5. The fourth-order valence-electron chi connectivity index (χ4n) is 11.5. The van der Waals surface area contributed by atoms with E-state index in [9.17, 15) is 57.5 Å².